The number of aryl methyl sites for hydroxylation is 1. The lowest BCUT2D eigenvalue weighted by molar-refractivity contribution is -0.509. The maximum absolute atomic E-state index is 4.36. The Morgan fingerprint density at radius 2 is 1.88 bits per heavy atom. The molecule has 3 rings (SSSR count). The summed E-state index contributed by atoms with van der Waals surface area (Å²) in [5, 5.41) is 5.33. The Labute approximate surface area is 152 Å². The topological polar surface area (TPSA) is 5.90 Å². The van der Waals surface area contributed by atoms with Gasteiger partial charge in [0.25, 0.3) is 0 Å². The molecule has 1 heterocycles. The van der Waals surface area contributed by atoms with Crippen molar-refractivity contribution < 1.29 is 4.24 Å². The Morgan fingerprint density at radius 1 is 1.16 bits per heavy atom. The SMILES string of the molecule is C=[n+]1cc([Si](C)(C)C)c(C(C)C)cc1=c1c(C)ccc2c1=CC=C[CH-]2. The maximum Gasteiger partial charge on any atom is 0.209 e. The molecule has 0 aliphatic heterocycles. The van der Waals surface area contributed by atoms with Gasteiger partial charge in [-0.05, 0) is 18.4 Å². The molecular formula is C23H29NSi. The molecule has 0 atom stereocenters. The molecule has 2 aromatic rings. The van der Waals surface area contributed by atoms with Crippen LogP contribution in [0.3, 0.4) is 0 Å². The number of hydrogen-bond acceptors (Lipinski definition) is 0. The van der Waals surface area contributed by atoms with Crippen molar-refractivity contribution in [1.82, 2.24) is 0 Å². The average Bonchev–Trinajstić information content (AvgIpc) is 2.54. The fourth-order valence-electron chi connectivity index (χ4n) is 3.65. The quantitative estimate of drug-likeness (QED) is 0.443. The van der Waals surface area contributed by atoms with Crippen LogP contribution >= 0.6 is 0 Å². The predicted molar refractivity (Wildman–Crippen MR) is 110 cm³/mol. The van der Waals surface area contributed by atoms with E-state index in [1.54, 1.807) is 0 Å². The van der Waals surface area contributed by atoms with Gasteiger partial charge in [0.1, 0.15) is 6.72 Å². The van der Waals surface area contributed by atoms with Crippen LogP contribution in [0.2, 0.25) is 19.6 Å². The molecule has 1 aromatic heterocycles. The third-order valence-electron chi connectivity index (χ3n) is 5.02. The largest absolute Gasteiger partial charge is 0.209 e. The highest BCUT2D eigenvalue weighted by atomic mass is 28.3. The highest BCUT2D eigenvalue weighted by Crippen LogP contribution is 2.16. The first-order chi connectivity index (χ1) is 11.7. The minimum Gasteiger partial charge on any atom is -0.174 e. The number of pyridine rings is 1. The Hall–Kier alpha value is -2.06. The maximum atomic E-state index is 4.36. The van der Waals surface area contributed by atoms with E-state index in [2.05, 4.69) is 100 Å². The monoisotopic (exact) mass is 347 g/mol. The summed E-state index contributed by atoms with van der Waals surface area (Å²) in [6.45, 7) is 18.4. The minimum atomic E-state index is -1.42. The molecule has 1 aliphatic rings. The molecule has 25 heavy (non-hydrogen) atoms. The van der Waals surface area contributed by atoms with Gasteiger partial charge in [0.15, 0.2) is 6.20 Å². The summed E-state index contributed by atoms with van der Waals surface area (Å²) in [6.07, 6.45) is 10.9. The molecule has 0 unspecified atom stereocenters. The summed E-state index contributed by atoms with van der Waals surface area (Å²) >= 11 is 0. The first-order valence-corrected chi connectivity index (χ1v) is 12.6. The van der Waals surface area contributed by atoms with Crippen molar-refractivity contribution in [3.05, 3.63) is 82.2 Å². The third-order valence-corrected chi connectivity index (χ3v) is 7.05. The first kappa shape index (κ1) is 17.8. The molecule has 1 aromatic carbocycles. The van der Waals surface area contributed by atoms with Gasteiger partial charge in [-0.2, -0.15) is 4.24 Å². The Kier molecular flexibility index (Phi) is 4.50. The van der Waals surface area contributed by atoms with Crippen molar-refractivity contribution in [3.8, 4) is 0 Å². The van der Waals surface area contributed by atoms with Crippen LogP contribution in [0.4, 0.5) is 0 Å². The summed E-state index contributed by atoms with van der Waals surface area (Å²) in [5.74, 6) is 0.511. The van der Waals surface area contributed by atoms with Gasteiger partial charge in [0, 0.05) is 16.5 Å². The minimum absolute atomic E-state index is 0.511. The Bertz CT molecular complexity index is 1050. The van der Waals surface area contributed by atoms with E-state index in [9.17, 15) is 0 Å². The van der Waals surface area contributed by atoms with E-state index in [0.29, 0.717) is 5.92 Å². The van der Waals surface area contributed by atoms with Crippen LogP contribution in [-0.2, 0) is 0 Å². The number of aromatic nitrogens is 1. The smallest absolute Gasteiger partial charge is 0.174 e. The summed E-state index contributed by atoms with van der Waals surface area (Å²) in [6, 6.07) is 6.82. The molecule has 130 valence electrons. The lowest BCUT2D eigenvalue weighted by Crippen LogP contribution is -2.44. The van der Waals surface area contributed by atoms with Gasteiger partial charge in [0.2, 0.25) is 5.35 Å². The second kappa shape index (κ2) is 6.34. The molecular weight excluding hydrogens is 318 g/mol. The van der Waals surface area contributed by atoms with Crippen LogP contribution in [-0.4, -0.2) is 8.07 Å². The zero-order chi connectivity index (χ0) is 18.4. The summed E-state index contributed by atoms with van der Waals surface area (Å²) in [5.41, 5.74) is 4.05. The zero-order valence-electron chi connectivity index (χ0n) is 16.4. The number of hydrogen-bond donors (Lipinski definition) is 0. The second-order valence-electron chi connectivity index (χ2n) is 8.38. The number of allylic oxidation sites excluding steroid dienone is 2. The van der Waals surface area contributed by atoms with Gasteiger partial charge < -0.3 is 0 Å². The number of fused-ring (bicyclic) bond motifs is 1. The first-order valence-electron chi connectivity index (χ1n) is 9.10. The van der Waals surface area contributed by atoms with E-state index in [0.717, 1.165) is 0 Å². The fourth-order valence-corrected chi connectivity index (χ4v) is 5.42. The number of benzene rings is 1. The molecule has 0 radical (unpaired) electrons. The molecule has 0 N–H and O–H groups in total. The average molecular weight is 348 g/mol. The molecule has 0 spiro atoms. The number of nitrogens with zero attached hydrogens (tertiary/aromatic N) is 1. The van der Waals surface area contributed by atoms with E-state index in [4.69, 9.17) is 0 Å². The molecule has 1 nitrogen and oxygen atoms in total. The van der Waals surface area contributed by atoms with Crippen molar-refractivity contribution >= 4 is 19.3 Å². The highest BCUT2D eigenvalue weighted by Gasteiger charge is 2.24. The van der Waals surface area contributed by atoms with Crippen molar-refractivity contribution in [2.75, 3.05) is 0 Å². The molecule has 2 heteroatoms. The zero-order valence-corrected chi connectivity index (χ0v) is 17.4. The van der Waals surface area contributed by atoms with E-state index >= 15 is 0 Å². The van der Waals surface area contributed by atoms with Crippen molar-refractivity contribution in [2.45, 2.75) is 46.3 Å². The fraction of sp³-hybridized carbons (Fsp3) is 0.304. The lowest BCUT2D eigenvalue weighted by atomic mass is 9.98. The van der Waals surface area contributed by atoms with Crippen LogP contribution in [0.25, 0.3) is 6.08 Å². The van der Waals surface area contributed by atoms with Gasteiger partial charge in [0.05, 0.1) is 8.07 Å². The van der Waals surface area contributed by atoms with Gasteiger partial charge in [-0.1, -0.05) is 44.3 Å². The standard InChI is InChI=1S/C23H29NSi/c1-16(2)20-14-21(24(4)15-22(20)25(5,6)7)23-17(3)12-13-18-10-8-9-11-19(18)23/h8-16H,4H2,1-3,5-7H3. The van der Waals surface area contributed by atoms with Crippen LogP contribution in [0.5, 0.6) is 0 Å². The van der Waals surface area contributed by atoms with Gasteiger partial charge >= 0.3 is 0 Å². The van der Waals surface area contributed by atoms with Crippen LogP contribution in [0.1, 0.15) is 36.5 Å². The van der Waals surface area contributed by atoms with Crippen LogP contribution in [0.15, 0.2) is 36.5 Å². The molecule has 0 saturated heterocycles. The van der Waals surface area contributed by atoms with E-state index < -0.39 is 8.07 Å². The summed E-state index contributed by atoms with van der Waals surface area (Å²) in [4.78, 5) is 0. The molecule has 1 aliphatic carbocycles. The van der Waals surface area contributed by atoms with Crippen LogP contribution < -0.4 is 14.6 Å². The summed E-state index contributed by atoms with van der Waals surface area (Å²) < 4.78 is 2.09. The molecule has 0 amide bonds. The van der Waals surface area contributed by atoms with Gasteiger partial charge in [-0.15, -0.1) is 42.3 Å². The normalized spacial score (nSPS) is 14.8. The van der Waals surface area contributed by atoms with E-state index in [-0.39, 0.29) is 0 Å². The van der Waals surface area contributed by atoms with Gasteiger partial charge in [-0.3, -0.25) is 0 Å². The van der Waals surface area contributed by atoms with Crippen LogP contribution in [0, 0.1) is 30.6 Å². The van der Waals surface area contributed by atoms with E-state index in [1.807, 2.05) is 0 Å². The Morgan fingerprint density at radius 3 is 2.52 bits per heavy atom. The van der Waals surface area contributed by atoms with Gasteiger partial charge in [-0.25, -0.2) is 0 Å². The van der Waals surface area contributed by atoms with E-state index in [1.165, 1.54) is 37.7 Å². The second-order valence-corrected chi connectivity index (χ2v) is 13.4. The Balaban J connectivity index is 2.58. The number of rotatable bonds is 2. The third kappa shape index (κ3) is 3.23. The molecule has 0 bridgehead atoms. The molecule has 0 saturated carbocycles. The van der Waals surface area contributed by atoms with Crippen molar-refractivity contribution in [3.63, 3.8) is 0 Å². The highest BCUT2D eigenvalue weighted by molar-refractivity contribution is 6.89. The molecule has 0 fully saturated rings. The predicted octanol–water partition coefficient (Wildman–Crippen LogP) is 3.78. The van der Waals surface area contributed by atoms with Crippen molar-refractivity contribution in [1.29, 1.82) is 0 Å². The summed E-state index contributed by atoms with van der Waals surface area (Å²) in [7, 11) is -1.42. The van der Waals surface area contributed by atoms with Crippen molar-refractivity contribution in [2.24, 2.45) is 0 Å². The lowest BCUT2D eigenvalue weighted by Gasteiger charge is -2.20.